The molecular weight excluding hydrogens is 352 g/mol. The number of urea groups is 1. The van der Waals surface area contributed by atoms with Crippen LogP contribution in [0.2, 0.25) is 0 Å². The van der Waals surface area contributed by atoms with Crippen LogP contribution >= 0.6 is 0 Å². The molecular formula is C19H13N2O6-. The number of carboxylic acid groups (broad SMARTS) is 1. The molecule has 8 heteroatoms. The first-order valence-corrected chi connectivity index (χ1v) is 7.84. The minimum Gasteiger partial charge on any atom is -0.545 e. The van der Waals surface area contributed by atoms with Crippen LogP contribution < -0.4 is 20.5 Å². The lowest BCUT2D eigenvalue weighted by Gasteiger charge is -2.15. The number of hydrogen-bond donors (Lipinski definition) is 2. The van der Waals surface area contributed by atoms with Crippen LogP contribution in [0.3, 0.4) is 0 Å². The summed E-state index contributed by atoms with van der Waals surface area (Å²) in [7, 11) is 0. The maximum absolute atomic E-state index is 11.8. The Bertz CT molecular complexity index is 943. The van der Waals surface area contributed by atoms with Gasteiger partial charge in [0.15, 0.2) is 0 Å². The summed E-state index contributed by atoms with van der Waals surface area (Å²) in [5.74, 6) is -3.12. The SMILES string of the molecule is O=C1NC(=O)C(=Cc2ccc(OCc3ccccc3)c(C(=O)[O-])c2)C(=O)N1. The van der Waals surface area contributed by atoms with Gasteiger partial charge in [-0.2, -0.15) is 0 Å². The van der Waals surface area contributed by atoms with Crippen molar-refractivity contribution in [1.29, 1.82) is 0 Å². The lowest BCUT2D eigenvalue weighted by molar-refractivity contribution is -0.255. The van der Waals surface area contributed by atoms with Gasteiger partial charge in [-0.15, -0.1) is 0 Å². The van der Waals surface area contributed by atoms with Crippen LogP contribution in [0, 0.1) is 0 Å². The maximum atomic E-state index is 11.8. The van der Waals surface area contributed by atoms with Crippen molar-refractivity contribution in [3.63, 3.8) is 0 Å². The molecule has 2 aromatic rings. The van der Waals surface area contributed by atoms with Crippen LogP contribution in [0.1, 0.15) is 21.5 Å². The highest BCUT2D eigenvalue weighted by molar-refractivity contribution is 6.31. The van der Waals surface area contributed by atoms with E-state index in [1.807, 2.05) is 41.0 Å². The van der Waals surface area contributed by atoms with Crippen molar-refractivity contribution in [2.45, 2.75) is 6.61 Å². The highest BCUT2D eigenvalue weighted by Crippen LogP contribution is 2.23. The Morgan fingerprint density at radius 2 is 1.67 bits per heavy atom. The minimum absolute atomic E-state index is 0.0914. The van der Waals surface area contributed by atoms with Crippen LogP contribution in [0.4, 0.5) is 4.79 Å². The molecule has 1 aliphatic heterocycles. The molecule has 0 atom stereocenters. The number of carbonyl (C=O) groups is 4. The fourth-order valence-corrected chi connectivity index (χ4v) is 2.43. The number of rotatable bonds is 5. The van der Waals surface area contributed by atoms with E-state index in [1.54, 1.807) is 0 Å². The molecule has 1 saturated heterocycles. The summed E-state index contributed by atoms with van der Waals surface area (Å²) in [6.45, 7) is 0.161. The molecule has 27 heavy (non-hydrogen) atoms. The molecule has 2 N–H and O–H groups in total. The van der Waals surface area contributed by atoms with Crippen molar-refractivity contribution < 1.29 is 29.0 Å². The average Bonchev–Trinajstić information content (AvgIpc) is 2.64. The molecule has 2 aromatic carbocycles. The third-order valence-electron chi connectivity index (χ3n) is 3.72. The zero-order valence-corrected chi connectivity index (χ0v) is 13.9. The first-order chi connectivity index (χ1) is 12.9. The van der Waals surface area contributed by atoms with Crippen molar-refractivity contribution in [3.8, 4) is 5.75 Å². The second-order valence-corrected chi connectivity index (χ2v) is 5.61. The molecule has 4 amide bonds. The molecule has 3 rings (SSSR count). The predicted molar refractivity (Wildman–Crippen MR) is 91.2 cm³/mol. The number of carbonyl (C=O) groups excluding carboxylic acids is 4. The quantitative estimate of drug-likeness (QED) is 0.583. The standard InChI is InChI=1S/C19H14N2O6/c22-16-14(17(23)21-19(26)20-16)9-12-6-7-15(13(8-12)18(24)25)27-10-11-4-2-1-3-5-11/h1-9H,10H2,(H,24,25)(H2,20,21,22,23,26)/p-1. The molecule has 0 spiro atoms. The van der Waals surface area contributed by atoms with E-state index in [9.17, 15) is 24.3 Å². The number of barbiturate groups is 1. The van der Waals surface area contributed by atoms with E-state index in [2.05, 4.69) is 0 Å². The number of hydrogen-bond acceptors (Lipinski definition) is 6. The lowest BCUT2D eigenvalue weighted by atomic mass is 10.0. The summed E-state index contributed by atoms with van der Waals surface area (Å²) in [5, 5.41) is 15.3. The first kappa shape index (κ1) is 17.9. The number of benzene rings is 2. The molecule has 1 fully saturated rings. The summed E-state index contributed by atoms with van der Waals surface area (Å²) >= 11 is 0. The second kappa shape index (κ2) is 7.52. The maximum Gasteiger partial charge on any atom is 0.328 e. The highest BCUT2D eigenvalue weighted by Gasteiger charge is 2.27. The second-order valence-electron chi connectivity index (χ2n) is 5.61. The molecule has 0 bridgehead atoms. The Balaban J connectivity index is 1.86. The van der Waals surface area contributed by atoms with Crippen LogP contribution in [0.5, 0.6) is 5.75 Å². The van der Waals surface area contributed by atoms with E-state index in [-0.39, 0.29) is 29.1 Å². The van der Waals surface area contributed by atoms with E-state index >= 15 is 0 Å². The summed E-state index contributed by atoms with van der Waals surface area (Å²) in [4.78, 5) is 46.0. The van der Waals surface area contributed by atoms with Crippen LogP contribution in [0.25, 0.3) is 6.08 Å². The summed E-state index contributed by atoms with van der Waals surface area (Å²) < 4.78 is 5.54. The van der Waals surface area contributed by atoms with E-state index in [0.29, 0.717) is 0 Å². The molecule has 0 radical (unpaired) electrons. The number of amides is 4. The minimum atomic E-state index is -1.47. The van der Waals surface area contributed by atoms with Gasteiger partial charge >= 0.3 is 6.03 Å². The van der Waals surface area contributed by atoms with Crippen molar-refractivity contribution in [2.24, 2.45) is 0 Å². The lowest BCUT2D eigenvalue weighted by Crippen LogP contribution is -2.51. The highest BCUT2D eigenvalue weighted by atomic mass is 16.5. The smallest absolute Gasteiger partial charge is 0.328 e. The first-order valence-electron chi connectivity index (χ1n) is 7.84. The number of ether oxygens (including phenoxy) is 1. The van der Waals surface area contributed by atoms with Crippen molar-refractivity contribution in [1.82, 2.24) is 10.6 Å². The van der Waals surface area contributed by atoms with Gasteiger partial charge in [0.1, 0.15) is 17.9 Å². The largest absolute Gasteiger partial charge is 0.545 e. The van der Waals surface area contributed by atoms with Gasteiger partial charge in [-0.3, -0.25) is 20.2 Å². The number of carboxylic acids is 1. The van der Waals surface area contributed by atoms with Gasteiger partial charge in [-0.1, -0.05) is 36.4 Å². The van der Waals surface area contributed by atoms with Crippen LogP contribution in [0.15, 0.2) is 54.1 Å². The molecule has 1 aliphatic rings. The molecule has 8 nitrogen and oxygen atoms in total. The fourth-order valence-electron chi connectivity index (χ4n) is 2.43. The zero-order valence-electron chi connectivity index (χ0n) is 13.9. The van der Waals surface area contributed by atoms with Crippen molar-refractivity contribution in [3.05, 3.63) is 70.8 Å². The number of imide groups is 2. The third kappa shape index (κ3) is 4.18. The van der Waals surface area contributed by atoms with Gasteiger partial charge in [0.25, 0.3) is 11.8 Å². The van der Waals surface area contributed by atoms with Gasteiger partial charge in [0, 0.05) is 5.56 Å². The molecule has 136 valence electrons. The van der Waals surface area contributed by atoms with E-state index < -0.39 is 23.8 Å². The topological polar surface area (TPSA) is 125 Å². The Labute approximate surface area is 153 Å². The van der Waals surface area contributed by atoms with E-state index in [4.69, 9.17) is 4.74 Å². The molecule has 0 aliphatic carbocycles. The Kier molecular flexibility index (Phi) is 4.98. The van der Waals surface area contributed by atoms with Crippen LogP contribution in [-0.4, -0.2) is 23.8 Å². The monoisotopic (exact) mass is 365 g/mol. The summed E-state index contributed by atoms with van der Waals surface area (Å²) in [5.41, 5.74) is 0.564. The summed E-state index contributed by atoms with van der Waals surface area (Å²) in [6.07, 6.45) is 1.17. The number of nitrogens with one attached hydrogen (secondary N) is 2. The Hall–Kier alpha value is -3.94. The van der Waals surface area contributed by atoms with E-state index in [1.165, 1.54) is 24.3 Å². The fraction of sp³-hybridized carbons (Fsp3) is 0.0526. The van der Waals surface area contributed by atoms with Gasteiger partial charge in [0.2, 0.25) is 0 Å². The van der Waals surface area contributed by atoms with E-state index in [0.717, 1.165) is 5.56 Å². The predicted octanol–water partition coefficient (Wildman–Crippen LogP) is 0.378. The normalized spacial score (nSPS) is 13.6. The van der Waals surface area contributed by atoms with Gasteiger partial charge in [0.05, 0.1) is 5.97 Å². The van der Waals surface area contributed by atoms with Gasteiger partial charge < -0.3 is 14.6 Å². The molecule has 1 heterocycles. The molecule has 0 unspecified atom stereocenters. The number of aromatic carboxylic acids is 1. The van der Waals surface area contributed by atoms with Crippen molar-refractivity contribution in [2.75, 3.05) is 0 Å². The average molecular weight is 365 g/mol. The van der Waals surface area contributed by atoms with Gasteiger partial charge in [-0.05, 0) is 29.3 Å². The summed E-state index contributed by atoms with van der Waals surface area (Å²) in [6, 6.07) is 12.4. The third-order valence-corrected chi connectivity index (χ3v) is 3.72. The van der Waals surface area contributed by atoms with Crippen LogP contribution in [-0.2, 0) is 16.2 Å². The molecule has 0 saturated carbocycles. The zero-order chi connectivity index (χ0) is 19.4. The molecule has 0 aromatic heterocycles. The Morgan fingerprint density at radius 1 is 1.00 bits per heavy atom. The Morgan fingerprint density at radius 3 is 2.30 bits per heavy atom. The van der Waals surface area contributed by atoms with Crippen molar-refractivity contribution >= 4 is 29.9 Å². The van der Waals surface area contributed by atoms with Gasteiger partial charge in [-0.25, -0.2) is 4.79 Å².